The first kappa shape index (κ1) is 9.00. The summed E-state index contributed by atoms with van der Waals surface area (Å²) in [6.45, 7) is 2.55. The van der Waals surface area contributed by atoms with Crippen molar-refractivity contribution in [2.24, 2.45) is 5.73 Å². The van der Waals surface area contributed by atoms with Crippen molar-refractivity contribution in [1.29, 1.82) is 0 Å². The number of benzene rings is 1. The van der Waals surface area contributed by atoms with Crippen LogP contribution in [0.3, 0.4) is 0 Å². The van der Waals surface area contributed by atoms with Gasteiger partial charge in [0.05, 0.1) is 18.8 Å². The summed E-state index contributed by atoms with van der Waals surface area (Å²) in [5.41, 5.74) is 8.13. The van der Waals surface area contributed by atoms with Crippen molar-refractivity contribution in [3.05, 3.63) is 34.3 Å². The number of hydrogen-bond acceptors (Lipinski definition) is 2. The zero-order valence-corrected chi connectivity index (χ0v) is 8.21. The van der Waals surface area contributed by atoms with Crippen LogP contribution in [-0.2, 0) is 11.3 Å². The molecule has 1 heterocycles. The lowest BCUT2D eigenvalue weighted by Crippen LogP contribution is -2.31. The summed E-state index contributed by atoms with van der Waals surface area (Å²) in [5, 5.41) is 0.750. The first-order chi connectivity index (χ1) is 6.20. The van der Waals surface area contributed by atoms with E-state index in [1.54, 1.807) is 0 Å². The molecule has 2 atom stereocenters. The maximum Gasteiger partial charge on any atom is 0.0744 e. The molecule has 70 valence electrons. The van der Waals surface area contributed by atoms with Gasteiger partial charge in [-0.1, -0.05) is 23.7 Å². The topological polar surface area (TPSA) is 35.2 Å². The van der Waals surface area contributed by atoms with Crippen molar-refractivity contribution in [3.63, 3.8) is 0 Å². The van der Waals surface area contributed by atoms with E-state index >= 15 is 0 Å². The van der Waals surface area contributed by atoms with Crippen LogP contribution in [0.5, 0.6) is 0 Å². The van der Waals surface area contributed by atoms with Crippen LogP contribution in [0, 0.1) is 0 Å². The predicted molar refractivity (Wildman–Crippen MR) is 52.6 cm³/mol. The fourth-order valence-electron chi connectivity index (χ4n) is 1.61. The van der Waals surface area contributed by atoms with E-state index in [1.807, 2.05) is 25.1 Å². The lowest BCUT2D eigenvalue weighted by molar-refractivity contribution is 0.0214. The minimum Gasteiger partial charge on any atom is -0.372 e. The molecule has 1 aromatic carbocycles. The molecule has 1 aliphatic rings. The first-order valence-corrected chi connectivity index (χ1v) is 4.72. The Hall–Kier alpha value is -0.570. The monoisotopic (exact) mass is 197 g/mol. The van der Waals surface area contributed by atoms with E-state index in [0.29, 0.717) is 6.61 Å². The number of halogens is 1. The summed E-state index contributed by atoms with van der Waals surface area (Å²) in [4.78, 5) is 0. The van der Waals surface area contributed by atoms with Gasteiger partial charge in [-0.15, -0.1) is 0 Å². The fourth-order valence-corrected chi connectivity index (χ4v) is 1.85. The second-order valence-electron chi connectivity index (χ2n) is 3.35. The number of rotatable bonds is 0. The smallest absolute Gasteiger partial charge is 0.0744 e. The molecule has 0 fully saturated rings. The zero-order chi connectivity index (χ0) is 9.42. The minimum atomic E-state index is -0.0533. The van der Waals surface area contributed by atoms with Gasteiger partial charge >= 0.3 is 0 Å². The second kappa shape index (κ2) is 3.29. The molecule has 0 saturated heterocycles. The quantitative estimate of drug-likeness (QED) is 0.693. The summed E-state index contributed by atoms with van der Waals surface area (Å²) in [6, 6.07) is 5.76. The molecule has 0 aromatic heterocycles. The average molecular weight is 198 g/mol. The van der Waals surface area contributed by atoms with Gasteiger partial charge in [0.15, 0.2) is 0 Å². The van der Waals surface area contributed by atoms with E-state index in [9.17, 15) is 0 Å². The second-order valence-corrected chi connectivity index (χ2v) is 3.76. The Balaban J connectivity index is 2.49. The van der Waals surface area contributed by atoms with E-state index in [1.165, 1.54) is 0 Å². The van der Waals surface area contributed by atoms with E-state index in [2.05, 4.69) is 0 Å². The lowest BCUT2D eigenvalue weighted by atomic mass is 9.95. The maximum absolute atomic E-state index is 6.02. The van der Waals surface area contributed by atoms with Crippen LogP contribution in [0.1, 0.15) is 24.1 Å². The van der Waals surface area contributed by atoms with Crippen LogP contribution in [0.2, 0.25) is 5.02 Å². The van der Waals surface area contributed by atoms with Gasteiger partial charge < -0.3 is 10.5 Å². The van der Waals surface area contributed by atoms with Crippen LogP contribution >= 0.6 is 11.6 Å². The van der Waals surface area contributed by atoms with Crippen LogP contribution < -0.4 is 5.73 Å². The van der Waals surface area contributed by atoms with Crippen LogP contribution in [-0.4, -0.2) is 6.10 Å². The van der Waals surface area contributed by atoms with Gasteiger partial charge in [-0.2, -0.15) is 0 Å². The Bertz CT molecular complexity index is 327. The zero-order valence-electron chi connectivity index (χ0n) is 7.46. The largest absolute Gasteiger partial charge is 0.372 e. The molecular weight excluding hydrogens is 186 g/mol. The third-order valence-corrected chi connectivity index (χ3v) is 2.86. The van der Waals surface area contributed by atoms with Gasteiger partial charge in [-0.3, -0.25) is 0 Å². The summed E-state index contributed by atoms with van der Waals surface area (Å²) in [7, 11) is 0. The van der Waals surface area contributed by atoms with E-state index in [0.717, 1.165) is 16.1 Å². The van der Waals surface area contributed by atoms with Crippen molar-refractivity contribution in [2.45, 2.75) is 25.7 Å². The molecule has 13 heavy (non-hydrogen) atoms. The number of nitrogens with two attached hydrogens (primary N) is 1. The normalized spacial score (nSPS) is 27.0. The van der Waals surface area contributed by atoms with Crippen molar-refractivity contribution < 1.29 is 4.74 Å². The molecule has 0 bridgehead atoms. The van der Waals surface area contributed by atoms with Crippen molar-refractivity contribution in [2.75, 3.05) is 0 Å². The molecule has 0 amide bonds. The first-order valence-electron chi connectivity index (χ1n) is 4.34. The Kier molecular flexibility index (Phi) is 2.28. The predicted octanol–water partition coefficient (Wildman–Crippen LogP) is 2.26. The van der Waals surface area contributed by atoms with Crippen molar-refractivity contribution in [3.8, 4) is 0 Å². The minimum absolute atomic E-state index is 0.0533. The standard InChI is InChI=1S/C10H12ClNO/c1-6-10(12)7-3-2-4-9(11)8(7)5-13-6/h2-4,6,10H,5,12H2,1H3/t6-,10?/m0/s1. The molecule has 3 heteroatoms. The summed E-state index contributed by atoms with van der Waals surface area (Å²) < 4.78 is 5.49. The molecule has 1 unspecified atom stereocenters. The number of hydrogen-bond donors (Lipinski definition) is 1. The Morgan fingerprint density at radius 1 is 1.54 bits per heavy atom. The fraction of sp³-hybridized carbons (Fsp3) is 0.400. The Morgan fingerprint density at radius 3 is 3.08 bits per heavy atom. The van der Waals surface area contributed by atoms with Crippen LogP contribution in [0.15, 0.2) is 18.2 Å². The van der Waals surface area contributed by atoms with Gasteiger partial charge in [-0.25, -0.2) is 0 Å². The molecular formula is C10H12ClNO. The van der Waals surface area contributed by atoms with Gasteiger partial charge in [0, 0.05) is 10.6 Å². The highest BCUT2D eigenvalue weighted by atomic mass is 35.5. The lowest BCUT2D eigenvalue weighted by Gasteiger charge is -2.29. The van der Waals surface area contributed by atoms with Gasteiger partial charge in [0.2, 0.25) is 0 Å². The molecule has 2 N–H and O–H groups in total. The molecule has 1 aliphatic heterocycles. The SMILES string of the molecule is C[C@@H]1OCc2c(Cl)cccc2C1N. The Labute approximate surface area is 82.6 Å². The molecule has 0 aliphatic carbocycles. The van der Waals surface area contributed by atoms with E-state index in [4.69, 9.17) is 22.1 Å². The number of ether oxygens (including phenoxy) is 1. The van der Waals surface area contributed by atoms with E-state index in [-0.39, 0.29) is 12.1 Å². The van der Waals surface area contributed by atoms with Gasteiger partial charge in [0.25, 0.3) is 0 Å². The molecule has 0 saturated carbocycles. The summed E-state index contributed by atoms with van der Waals surface area (Å²) >= 11 is 6.02. The summed E-state index contributed by atoms with van der Waals surface area (Å²) in [6.07, 6.45) is 0.0750. The van der Waals surface area contributed by atoms with Gasteiger partial charge in [0.1, 0.15) is 0 Å². The molecule has 2 rings (SSSR count). The molecule has 0 radical (unpaired) electrons. The van der Waals surface area contributed by atoms with Crippen molar-refractivity contribution in [1.82, 2.24) is 0 Å². The van der Waals surface area contributed by atoms with Crippen LogP contribution in [0.25, 0.3) is 0 Å². The number of fused-ring (bicyclic) bond motifs is 1. The summed E-state index contributed by atoms with van der Waals surface area (Å²) in [5.74, 6) is 0. The molecule has 2 nitrogen and oxygen atoms in total. The average Bonchev–Trinajstić information content (AvgIpc) is 2.12. The molecule has 0 spiro atoms. The van der Waals surface area contributed by atoms with E-state index < -0.39 is 0 Å². The highest BCUT2D eigenvalue weighted by Gasteiger charge is 2.24. The third-order valence-electron chi connectivity index (χ3n) is 2.51. The highest BCUT2D eigenvalue weighted by molar-refractivity contribution is 6.31. The Morgan fingerprint density at radius 2 is 2.31 bits per heavy atom. The molecule has 1 aromatic rings. The van der Waals surface area contributed by atoms with Crippen molar-refractivity contribution >= 4 is 11.6 Å². The highest BCUT2D eigenvalue weighted by Crippen LogP contribution is 2.31. The third kappa shape index (κ3) is 1.46. The maximum atomic E-state index is 6.02. The van der Waals surface area contributed by atoms with Gasteiger partial charge in [-0.05, 0) is 18.6 Å². The van der Waals surface area contributed by atoms with Crippen LogP contribution in [0.4, 0.5) is 0 Å².